The Balaban J connectivity index is 2.06. The highest BCUT2D eigenvalue weighted by Crippen LogP contribution is 2.27. The number of hydrogen-bond acceptors (Lipinski definition) is 3. The predicted molar refractivity (Wildman–Crippen MR) is 72.6 cm³/mol. The van der Waals surface area contributed by atoms with E-state index in [1.54, 1.807) is 12.4 Å². The van der Waals surface area contributed by atoms with Crippen LogP contribution in [0.5, 0.6) is 5.75 Å². The third-order valence-electron chi connectivity index (χ3n) is 2.60. The summed E-state index contributed by atoms with van der Waals surface area (Å²) in [6.07, 6.45) is 3.50. The zero-order valence-corrected chi connectivity index (χ0v) is 10.9. The van der Waals surface area contributed by atoms with Crippen LogP contribution in [-0.4, -0.2) is 4.98 Å². The molecular weight excluding hydrogens is 248 g/mol. The molecule has 1 heterocycles. The van der Waals surface area contributed by atoms with Gasteiger partial charge >= 0.3 is 0 Å². The quantitative estimate of drug-likeness (QED) is 0.919. The van der Waals surface area contributed by atoms with Crippen molar-refractivity contribution in [1.29, 1.82) is 0 Å². The molecule has 1 aromatic heterocycles. The molecule has 0 aliphatic rings. The van der Waals surface area contributed by atoms with E-state index in [4.69, 9.17) is 22.1 Å². The molecule has 0 spiro atoms. The Labute approximate surface area is 112 Å². The van der Waals surface area contributed by atoms with Crippen LogP contribution in [0.1, 0.15) is 24.1 Å². The van der Waals surface area contributed by atoms with Crippen LogP contribution in [0.3, 0.4) is 0 Å². The van der Waals surface area contributed by atoms with Crippen molar-refractivity contribution in [2.45, 2.75) is 19.6 Å². The molecule has 0 amide bonds. The van der Waals surface area contributed by atoms with Gasteiger partial charge in [0, 0.05) is 24.0 Å². The maximum Gasteiger partial charge on any atom is 0.138 e. The molecular formula is C14H15ClN2O. The van der Waals surface area contributed by atoms with Crippen molar-refractivity contribution in [1.82, 2.24) is 4.98 Å². The lowest BCUT2D eigenvalue weighted by molar-refractivity contribution is 0.306. The van der Waals surface area contributed by atoms with Crippen LogP contribution in [0.2, 0.25) is 5.02 Å². The van der Waals surface area contributed by atoms with Crippen molar-refractivity contribution in [2.24, 2.45) is 5.73 Å². The Morgan fingerprint density at radius 3 is 2.83 bits per heavy atom. The molecule has 94 valence electrons. The molecule has 1 atom stereocenters. The summed E-state index contributed by atoms with van der Waals surface area (Å²) in [5.74, 6) is 0.657. The minimum atomic E-state index is -0.0325. The second kappa shape index (κ2) is 5.85. The normalized spacial score (nSPS) is 12.2. The number of rotatable bonds is 4. The summed E-state index contributed by atoms with van der Waals surface area (Å²) in [6.45, 7) is 2.37. The number of benzene rings is 1. The van der Waals surface area contributed by atoms with Gasteiger partial charge in [-0.2, -0.15) is 0 Å². The van der Waals surface area contributed by atoms with Gasteiger partial charge in [-0.05, 0) is 30.7 Å². The van der Waals surface area contributed by atoms with Crippen molar-refractivity contribution in [3.63, 3.8) is 0 Å². The number of aromatic nitrogens is 1. The first-order chi connectivity index (χ1) is 8.66. The molecule has 0 bridgehead atoms. The lowest BCUT2D eigenvalue weighted by Crippen LogP contribution is -2.05. The first-order valence-electron chi connectivity index (χ1n) is 5.73. The Kier molecular flexibility index (Phi) is 4.18. The highest BCUT2D eigenvalue weighted by atomic mass is 35.5. The Morgan fingerprint density at radius 2 is 2.22 bits per heavy atom. The third-order valence-corrected chi connectivity index (χ3v) is 2.89. The minimum Gasteiger partial charge on any atom is -0.487 e. The van der Waals surface area contributed by atoms with E-state index in [1.807, 2.05) is 37.3 Å². The molecule has 0 aliphatic carbocycles. The van der Waals surface area contributed by atoms with Gasteiger partial charge in [-0.15, -0.1) is 0 Å². The van der Waals surface area contributed by atoms with E-state index in [-0.39, 0.29) is 6.04 Å². The fraction of sp³-hybridized carbons (Fsp3) is 0.214. The molecule has 0 saturated carbocycles. The molecule has 1 aromatic carbocycles. The van der Waals surface area contributed by atoms with Crippen LogP contribution in [0, 0.1) is 0 Å². The van der Waals surface area contributed by atoms with Crippen molar-refractivity contribution in [3.8, 4) is 5.75 Å². The van der Waals surface area contributed by atoms with Gasteiger partial charge in [0.1, 0.15) is 12.4 Å². The summed E-state index contributed by atoms with van der Waals surface area (Å²) in [4.78, 5) is 4.03. The summed E-state index contributed by atoms with van der Waals surface area (Å²) in [5.41, 5.74) is 7.79. The average molecular weight is 263 g/mol. The molecule has 3 nitrogen and oxygen atoms in total. The Hall–Kier alpha value is -1.58. The monoisotopic (exact) mass is 262 g/mol. The number of hydrogen-bond donors (Lipinski definition) is 1. The molecule has 0 unspecified atom stereocenters. The summed E-state index contributed by atoms with van der Waals surface area (Å²) < 4.78 is 5.64. The molecule has 0 radical (unpaired) electrons. The first-order valence-corrected chi connectivity index (χ1v) is 6.11. The highest BCUT2D eigenvalue weighted by molar-refractivity contribution is 6.32. The van der Waals surface area contributed by atoms with Crippen molar-refractivity contribution in [3.05, 3.63) is 58.9 Å². The number of halogens is 1. The van der Waals surface area contributed by atoms with E-state index in [0.29, 0.717) is 17.4 Å². The Bertz CT molecular complexity index is 514. The van der Waals surface area contributed by atoms with Gasteiger partial charge in [-0.3, -0.25) is 4.98 Å². The number of nitrogens with two attached hydrogens (primary N) is 1. The van der Waals surface area contributed by atoms with Gasteiger partial charge in [-0.25, -0.2) is 0 Å². The van der Waals surface area contributed by atoms with E-state index in [1.165, 1.54) is 0 Å². The van der Waals surface area contributed by atoms with Gasteiger partial charge < -0.3 is 10.5 Å². The van der Waals surface area contributed by atoms with Gasteiger partial charge in [0.25, 0.3) is 0 Å². The van der Waals surface area contributed by atoms with Gasteiger partial charge in [-0.1, -0.05) is 23.7 Å². The van der Waals surface area contributed by atoms with Crippen LogP contribution in [-0.2, 0) is 6.61 Å². The summed E-state index contributed by atoms with van der Waals surface area (Å²) in [5, 5.41) is 0.577. The average Bonchev–Trinajstić information content (AvgIpc) is 2.38. The lowest BCUT2D eigenvalue weighted by atomic mass is 10.1. The predicted octanol–water partition coefficient (Wildman–Crippen LogP) is 3.33. The number of nitrogens with zero attached hydrogens (tertiary/aromatic N) is 1. The van der Waals surface area contributed by atoms with E-state index < -0.39 is 0 Å². The maximum absolute atomic E-state index is 6.14. The number of pyridine rings is 1. The van der Waals surface area contributed by atoms with Crippen molar-refractivity contribution < 1.29 is 4.74 Å². The molecule has 2 aromatic rings. The van der Waals surface area contributed by atoms with Crippen LogP contribution in [0.4, 0.5) is 0 Å². The zero-order chi connectivity index (χ0) is 13.0. The fourth-order valence-corrected chi connectivity index (χ4v) is 1.81. The summed E-state index contributed by atoms with van der Waals surface area (Å²) >= 11 is 6.14. The van der Waals surface area contributed by atoms with Crippen LogP contribution in [0.25, 0.3) is 0 Å². The van der Waals surface area contributed by atoms with E-state index >= 15 is 0 Å². The highest BCUT2D eigenvalue weighted by Gasteiger charge is 2.06. The zero-order valence-electron chi connectivity index (χ0n) is 10.1. The Morgan fingerprint density at radius 1 is 1.39 bits per heavy atom. The van der Waals surface area contributed by atoms with Crippen LogP contribution < -0.4 is 10.5 Å². The van der Waals surface area contributed by atoms with Crippen molar-refractivity contribution in [2.75, 3.05) is 0 Å². The minimum absolute atomic E-state index is 0.0325. The second-order valence-electron chi connectivity index (χ2n) is 4.13. The van der Waals surface area contributed by atoms with Gasteiger partial charge in [0.05, 0.1) is 5.02 Å². The van der Waals surface area contributed by atoms with E-state index in [2.05, 4.69) is 4.98 Å². The molecule has 2 N–H and O–H groups in total. The van der Waals surface area contributed by atoms with E-state index in [9.17, 15) is 0 Å². The fourth-order valence-electron chi connectivity index (χ4n) is 1.56. The van der Waals surface area contributed by atoms with E-state index in [0.717, 1.165) is 11.1 Å². The topological polar surface area (TPSA) is 48.1 Å². The van der Waals surface area contributed by atoms with Gasteiger partial charge in [0.15, 0.2) is 0 Å². The standard InChI is InChI=1S/C14H15ClN2O/c1-10(16)12-4-5-14(13(15)7-12)18-9-11-3-2-6-17-8-11/h2-8,10H,9,16H2,1H3/t10-/m1/s1. The maximum atomic E-state index is 6.14. The van der Waals surface area contributed by atoms with Crippen LogP contribution in [0.15, 0.2) is 42.7 Å². The molecule has 2 rings (SSSR count). The second-order valence-corrected chi connectivity index (χ2v) is 4.54. The molecule has 4 heteroatoms. The summed E-state index contributed by atoms with van der Waals surface area (Å²) in [7, 11) is 0. The lowest BCUT2D eigenvalue weighted by Gasteiger charge is -2.11. The molecule has 0 fully saturated rings. The SMILES string of the molecule is C[C@@H](N)c1ccc(OCc2cccnc2)c(Cl)c1. The van der Waals surface area contributed by atoms with Crippen LogP contribution >= 0.6 is 11.6 Å². The first kappa shape index (κ1) is 12.9. The third kappa shape index (κ3) is 3.22. The smallest absolute Gasteiger partial charge is 0.138 e. The van der Waals surface area contributed by atoms with Crippen molar-refractivity contribution >= 4 is 11.6 Å². The molecule has 18 heavy (non-hydrogen) atoms. The molecule has 0 saturated heterocycles. The summed E-state index contributed by atoms with van der Waals surface area (Å²) in [6, 6.07) is 9.41. The largest absolute Gasteiger partial charge is 0.487 e. The molecule has 0 aliphatic heterocycles. The van der Waals surface area contributed by atoms with Gasteiger partial charge in [0.2, 0.25) is 0 Å². The number of ether oxygens (including phenoxy) is 1.